The largest absolute Gasteiger partial charge is 0.497 e. The molecular weight excluding hydrogens is 212 g/mol. The predicted molar refractivity (Wildman–Crippen MR) is 71.1 cm³/mol. The Morgan fingerprint density at radius 2 is 2.12 bits per heavy atom. The number of nitrogens with zero attached hydrogens (tertiary/aromatic N) is 1. The molecule has 1 heterocycles. The van der Waals surface area contributed by atoms with Gasteiger partial charge in [0.25, 0.3) is 0 Å². The SMILES string of the molecule is COc1ccc2c(c1)NCC1(CC1)N2C(C)C. The van der Waals surface area contributed by atoms with Gasteiger partial charge in [0.2, 0.25) is 0 Å². The van der Waals surface area contributed by atoms with Crippen molar-refractivity contribution in [2.75, 3.05) is 23.9 Å². The van der Waals surface area contributed by atoms with E-state index in [4.69, 9.17) is 4.74 Å². The van der Waals surface area contributed by atoms with Crippen LogP contribution in [0.3, 0.4) is 0 Å². The topological polar surface area (TPSA) is 24.5 Å². The predicted octanol–water partition coefficient (Wildman–Crippen LogP) is 2.87. The number of ether oxygens (including phenoxy) is 1. The van der Waals surface area contributed by atoms with Gasteiger partial charge in [0.15, 0.2) is 0 Å². The Labute approximate surface area is 103 Å². The van der Waals surface area contributed by atoms with Crippen molar-refractivity contribution in [1.29, 1.82) is 0 Å². The van der Waals surface area contributed by atoms with Crippen molar-refractivity contribution in [3.8, 4) is 5.75 Å². The normalized spacial score (nSPS) is 20.1. The number of methoxy groups -OCH3 is 1. The Hall–Kier alpha value is -1.38. The molecule has 1 aromatic rings. The third kappa shape index (κ3) is 1.56. The maximum Gasteiger partial charge on any atom is 0.121 e. The Bertz CT molecular complexity index is 438. The number of hydrogen-bond acceptors (Lipinski definition) is 3. The number of nitrogens with one attached hydrogen (secondary N) is 1. The van der Waals surface area contributed by atoms with E-state index in [2.05, 4.69) is 42.3 Å². The van der Waals surface area contributed by atoms with Crippen LogP contribution in [0.15, 0.2) is 18.2 Å². The van der Waals surface area contributed by atoms with Gasteiger partial charge < -0.3 is 15.0 Å². The second-order valence-electron chi connectivity index (χ2n) is 5.42. The first-order valence-electron chi connectivity index (χ1n) is 6.37. The zero-order chi connectivity index (χ0) is 12.0. The van der Waals surface area contributed by atoms with E-state index in [1.54, 1.807) is 7.11 Å². The summed E-state index contributed by atoms with van der Waals surface area (Å²) < 4.78 is 5.29. The van der Waals surface area contributed by atoms with Crippen molar-refractivity contribution in [2.45, 2.75) is 38.3 Å². The van der Waals surface area contributed by atoms with Gasteiger partial charge in [-0.1, -0.05) is 0 Å². The molecule has 0 bridgehead atoms. The summed E-state index contributed by atoms with van der Waals surface area (Å²) >= 11 is 0. The molecule has 0 saturated heterocycles. The third-order valence-electron chi connectivity index (χ3n) is 3.93. The standard InChI is InChI=1S/C14H20N2O/c1-10(2)16-13-5-4-11(17-3)8-12(13)15-9-14(16)6-7-14/h4-5,8,10,15H,6-7,9H2,1-3H3. The zero-order valence-corrected chi connectivity index (χ0v) is 10.8. The first-order valence-corrected chi connectivity index (χ1v) is 6.37. The summed E-state index contributed by atoms with van der Waals surface area (Å²) in [5, 5.41) is 3.55. The van der Waals surface area contributed by atoms with Crippen LogP contribution in [-0.4, -0.2) is 25.2 Å². The summed E-state index contributed by atoms with van der Waals surface area (Å²) in [5.41, 5.74) is 2.91. The molecule has 3 nitrogen and oxygen atoms in total. The average molecular weight is 232 g/mol. The molecule has 3 rings (SSSR count). The van der Waals surface area contributed by atoms with Crippen molar-refractivity contribution in [3.63, 3.8) is 0 Å². The number of benzene rings is 1. The Morgan fingerprint density at radius 1 is 1.35 bits per heavy atom. The van der Waals surface area contributed by atoms with Gasteiger partial charge in [-0.2, -0.15) is 0 Å². The Kier molecular flexibility index (Phi) is 2.25. The lowest BCUT2D eigenvalue weighted by molar-refractivity contribution is 0.414. The molecule has 1 fully saturated rings. The number of rotatable bonds is 2. The third-order valence-corrected chi connectivity index (χ3v) is 3.93. The summed E-state index contributed by atoms with van der Waals surface area (Å²) in [7, 11) is 1.72. The van der Waals surface area contributed by atoms with Crippen molar-refractivity contribution in [3.05, 3.63) is 18.2 Å². The molecular formula is C14H20N2O. The average Bonchev–Trinajstić information content (AvgIpc) is 3.08. The molecule has 0 amide bonds. The van der Waals surface area contributed by atoms with Gasteiger partial charge in [-0.3, -0.25) is 0 Å². The van der Waals surface area contributed by atoms with Crippen LogP contribution in [-0.2, 0) is 0 Å². The van der Waals surface area contributed by atoms with Gasteiger partial charge >= 0.3 is 0 Å². The van der Waals surface area contributed by atoms with Crippen LogP contribution < -0.4 is 15.0 Å². The van der Waals surface area contributed by atoms with E-state index in [9.17, 15) is 0 Å². The van der Waals surface area contributed by atoms with Gasteiger partial charge in [-0.05, 0) is 38.8 Å². The lowest BCUT2D eigenvalue weighted by Gasteiger charge is -2.43. The quantitative estimate of drug-likeness (QED) is 0.848. The maximum absolute atomic E-state index is 5.29. The summed E-state index contributed by atoms with van der Waals surface area (Å²) in [6, 6.07) is 6.88. The van der Waals surface area contributed by atoms with Gasteiger partial charge in [-0.25, -0.2) is 0 Å². The first-order chi connectivity index (χ1) is 8.16. The molecule has 0 radical (unpaired) electrons. The summed E-state index contributed by atoms with van der Waals surface area (Å²) in [5.74, 6) is 0.923. The summed E-state index contributed by atoms with van der Waals surface area (Å²) in [4.78, 5) is 2.58. The molecule has 1 saturated carbocycles. The van der Waals surface area contributed by atoms with E-state index >= 15 is 0 Å². The van der Waals surface area contributed by atoms with Gasteiger partial charge in [-0.15, -0.1) is 0 Å². The number of anilines is 2. The zero-order valence-electron chi connectivity index (χ0n) is 10.8. The molecule has 1 spiro atoms. The minimum absolute atomic E-state index is 0.385. The van der Waals surface area contributed by atoms with Crippen LogP contribution in [0.1, 0.15) is 26.7 Å². The van der Waals surface area contributed by atoms with Gasteiger partial charge in [0.05, 0.1) is 24.0 Å². The monoisotopic (exact) mass is 232 g/mol. The highest BCUT2D eigenvalue weighted by molar-refractivity contribution is 5.76. The minimum atomic E-state index is 0.385. The smallest absolute Gasteiger partial charge is 0.121 e. The van der Waals surface area contributed by atoms with E-state index in [-0.39, 0.29) is 0 Å². The van der Waals surface area contributed by atoms with Gasteiger partial charge in [0.1, 0.15) is 5.75 Å². The van der Waals surface area contributed by atoms with Crippen LogP contribution >= 0.6 is 0 Å². The summed E-state index contributed by atoms with van der Waals surface area (Å²) in [6.07, 6.45) is 2.62. The van der Waals surface area contributed by atoms with E-state index in [1.165, 1.54) is 24.2 Å². The van der Waals surface area contributed by atoms with E-state index in [1.807, 2.05) is 0 Å². The number of fused-ring (bicyclic) bond motifs is 1. The molecule has 1 aromatic carbocycles. The highest BCUT2D eigenvalue weighted by Crippen LogP contribution is 2.50. The fraction of sp³-hybridized carbons (Fsp3) is 0.571. The second-order valence-corrected chi connectivity index (χ2v) is 5.42. The van der Waals surface area contributed by atoms with Gasteiger partial charge in [0, 0.05) is 18.7 Å². The van der Waals surface area contributed by atoms with Crippen LogP contribution in [0.4, 0.5) is 11.4 Å². The number of hydrogen-bond donors (Lipinski definition) is 1. The molecule has 3 heteroatoms. The maximum atomic E-state index is 5.29. The van der Waals surface area contributed by atoms with Crippen molar-refractivity contribution in [2.24, 2.45) is 0 Å². The minimum Gasteiger partial charge on any atom is -0.497 e. The van der Waals surface area contributed by atoms with Crippen molar-refractivity contribution >= 4 is 11.4 Å². The van der Waals surface area contributed by atoms with E-state index in [0.29, 0.717) is 11.6 Å². The Morgan fingerprint density at radius 3 is 2.71 bits per heavy atom. The van der Waals surface area contributed by atoms with Crippen LogP contribution in [0, 0.1) is 0 Å². The van der Waals surface area contributed by atoms with Crippen LogP contribution in [0.25, 0.3) is 0 Å². The molecule has 0 atom stereocenters. The molecule has 1 aliphatic heterocycles. The molecule has 92 valence electrons. The Balaban J connectivity index is 2.04. The van der Waals surface area contributed by atoms with E-state index < -0.39 is 0 Å². The highest BCUT2D eigenvalue weighted by Gasteiger charge is 2.51. The molecule has 2 aliphatic rings. The van der Waals surface area contributed by atoms with Crippen LogP contribution in [0.5, 0.6) is 5.75 Å². The molecule has 1 aliphatic carbocycles. The lowest BCUT2D eigenvalue weighted by atomic mass is 10.0. The van der Waals surface area contributed by atoms with E-state index in [0.717, 1.165) is 12.3 Å². The lowest BCUT2D eigenvalue weighted by Crippen LogP contribution is -2.49. The molecule has 17 heavy (non-hydrogen) atoms. The fourth-order valence-electron chi connectivity index (χ4n) is 2.98. The van der Waals surface area contributed by atoms with Crippen LogP contribution in [0.2, 0.25) is 0 Å². The fourth-order valence-corrected chi connectivity index (χ4v) is 2.98. The second kappa shape index (κ2) is 3.56. The highest BCUT2D eigenvalue weighted by atomic mass is 16.5. The van der Waals surface area contributed by atoms with Crippen molar-refractivity contribution in [1.82, 2.24) is 0 Å². The molecule has 1 N–H and O–H groups in total. The molecule has 0 aromatic heterocycles. The van der Waals surface area contributed by atoms with Crippen molar-refractivity contribution < 1.29 is 4.74 Å². The first kappa shape index (κ1) is 10.8. The summed E-state index contributed by atoms with van der Waals surface area (Å²) in [6.45, 7) is 5.62. The molecule has 0 unspecified atom stereocenters.